The molecule has 0 aliphatic heterocycles. The predicted molar refractivity (Wildman–Crippen MR) is 75.8 cm³/mol. The number of aromatic nitrogens is 4. The van der Waals surface area contributed by atoms with Crippen molar-refractivity contribution < 1.29 is 9.90 Å². The first-order valence-corrected chi connectivity index (χ1v) is 6.37. The van der Waals surface area contributed by atoms with Gasteiger partial charge in [0.25, 0.3) is 11.7 Å². The van der Waals surface area contributed by atoms with Gasteiger partial charge in [0.05, 0.1) is 6.61 Å². The van der Waals surface area contributed by atoms with E-state index in [-0.39, 0.29) is 12.4 Å². The molecule has 0 saturated heterocycles. The van der Waals surface area contributed by atoms with Crippen molar-refractivity contribution in [2.45, 2.75) is 13.5 Å². The second-order valence-corrected chi connectivity index (χ2v) is 4.55. The number of amides is 1. The van der Waals surface area contributed by atoms with E-state index < -0.39 is 5.91 Å². The number of hydrogen-bond acceptors (Lipinski definition) is 5. The normalized spacial score (nSPS) is 10.8. The molecular weight excluding hydrogens is 270 g/mol. The monoisotopic (exact) mass is 283 g/mol. The van der Waals surface area contributed by atoms with Gasteiger partial charge in [-0.2, -0.15) is 4.98 Å². The number of aryl methyl sites for hydroxylation is 1. The van der Waals surface area contributed by atoms with Crippen LogP contribution in [0, 0.1) is 6.92 Å². The molecule has 0 unspecified atom stereocenters. The number of carbonyl (C=O) groups excluding carboxylic acids is 1. The molecule has 3 aromatic rings. The van der Waals surface area contributed by atoms with Crippen LogP contribution in [0.25, 0.3) is 5.78 Å². The Labute approximate surface area is 120 Å². The molecule has 1 aromatic carbocycles. The Bertz CT molecular complexity index is 812. The first-order valence-electron chi connectivity index (χ1n) is 6.37. The molecule has 0 spiro atoms. The summed E-state index contributed by atoms with van der Waals surface area (Å²) < 4.78 is 1.51. The van der Waals surface area contributed by atoms with Crippen LogP contribution in [0.2, 0.25) is 0 Å². The lowest BCUT2D eigenvalue weighted by molar-refractivity contribution is 0.101. The minimum Gasteiger partial charge on any atom is -0.392 e. The SMILES string of the molecule is Cc1ccnc2nc(C(=O)Nc3cccc(CO)c3)nn12. The quantitative estimate of drug-likeness (QED) is 0.753. The zero-order valence-corrected chi connectivity index (χ0v) is 11.3. The summed E-state index contributed by atoms with van der Waals surface area (Å²) in [7, 11) is 0. The van der Waals surface area contributed by atoms with Crippen molar-refractivity contribution in [1.29, 1.82) is 0 Å². The van der Waals surface area contributed by atoms with Crippen molar-refractivity contribution in [3.05, 3.63) is 53.6 Å². The molecule has 7 nitrogen and oxygen atoms in total. The maximum Gasteiger partial charge on any atom is 0.295 e. The molecular formula is C14H13N5O2. The molecule has 0 saturated carbocycles. The lowest BCUT2D eigenvalue weighted by atomic mass is 10.2. The fourth-order valence-corrected chi connectivity index (χ4v) is 1.94. The Hall–Kier alpha value is -2.80. The maximum absolute atomic E-state index is 12.2. The van der Waals surface area contributed by atoms with Crippen LogP contribution in [-0.2, 0) is 6.61 Å². The number of carbonyl (C=O) groups is 1. The third-order valence-corrected chi connectivity index (χ3v) is 3.00. The summed E-state index contributed by atoms with van der Waals surface area (Å²) in [6.07, 6.45) is 1.62. The standard InChI is InChI=1S/C14H13N5O2/c1-9-5-6-15-14-17-12(18-19(9)14)13(21)16-11-4-2-3-10(7-11)8-20/h2-7,20H,8H2,1H3,(H,16,21). The summed E-state index contributed by atoms with van der Waals surface area (Å²) in [5.74, 6) is 0.00505. The molecule has 106 valence electrons. The zero-order chi connectivity index (χ0) is 14.8. The summed E-state index contributed by atoms with van der Waals surface area (Å²) in [5.41, 5.74) is 2.14. The number of nitrogens with zero attached hydrogens (tertiary/aromatic N) is 4. The molecule has 0 bridgehead atoms. The summed E-state index contributed by atoms with van der Waals surface area (Å²) >= 11 is 0. The third-order valence-electron chi connectivity index (χ3n) is 3.00. The fourth-order valence-electron chi connectivity index (χ4n) is 1.94. The number of aliphatic hydroxyl groups is 1. The van der Waals surface area contributed by atoms with Crippen LogP contribution in [0.5, 0.6) is 0 Å². The zero-order valence-electron chi connectivity index (χ0n) is 11.3. The van der Waals surface area contributed by atoms with Crippen LogP contribution in [0.1, 0.15) is 21.9 Å². The molecule has 0 atom stereocenters. The maximum atomic E-state index is 12.2. The largest absolute Gasteiger partial charge is 0.392 e. The van der Waals surface area contributed by atoms with Crippen LogP contribution < -0.4 is 5.32 Å². The number of rotatable bonds is 3. The van der Waals surface area contributed by atoms with E-state index >= 15 is 0 Å². The first-order chi connectivity index (χ1) is 10.2. The lowest BCUT2D eigenvalue weighted by Gasteiger charge is -2.03. The molecule has 2 aromatic heterocycles. The summed E-state index contributed by atoms with van der Waals surface area (Å²) in [4.78, 5) is 20.3. The van der Waals surface area contributed by atoms with Crippen LogP contribution in [0.4, 0.5) is 5.69 Å². The van der Waals surface area contributed by atoms with E-state index in [9.17, 15) is 4.79 Å². The fraction of sp³-hybridized carbons (Fsp3) is 0.143. The summed E-state index contributed by atoms with van der Waals surface area (Å²) in [6.45, 7) is 1.77. The van der Waals surface area contributed by atoms with Gasteiger partial charge in [0.15, 0.2) is 0 Å². The highest BCUT2D eigenvalue weighted by molar-refractivity contribution is 6.01. The Kier molecular flexibility index (Phi) is 3.33. The van der Waals surface area contributed by atoms with Gasteiger partial charge < -0.3 is 10.4 Å². The van der Waals surface area contributed by atoms with Crippen molar-refractivity contribution >= 4 is 17.4 Å². The van der Waals surface area contributed by atoms with Gasteiger partial charge >= 0.3 is 0 Å². The van der Waals surface area contributed by atoms with E-state index in [0.29, 0.717) is 17.0 Å². The molecule has 0 aliphatic carbocycles. The Morgan fingerprint density at radius 3 is 3.00 bits per heavy atom. The number of benzene rings is 1. The lowest BCUT2D eigenvalue weighted by Crippen LogP contribution is -2.14. The minimum absolute atomic E-state index is 0.0474. The van der Waals surface area contributed by atoms with E-state index in [4.69, 9.17) is 5.11 Å². The van der Waals surface area contributed by atoms with Gasteiger partial charge in [0, 0.05) is 17.6 Å². The van der Waals surface area contributed by atoms with Gasteiger partial charge in [0.1, 0.15) is 0 Å². The molecule has 0 aliphatic rings. The van der Waals surface area contributed by atoms with Crippen molar-refractivity contribution in [2.75, 3.05) is 5.32 Å². The smallest absolute Gasteiger partial charge is 0.295 e. The van der Waals surface area contributed by atoms with Crippen molar-refractivity contribution in [2.24, 2.45) is 0 Å². The van der Waals surface area contributed by atoms with E-state index in [1.807, 2.05) is 6.92 Å². The Morgan fingerprint density at radius 1 is 1.38 bits per heavy atom. The topological polar surface area (TPSA) is 92.4 Å². The van der Waals surface area contributed by atoms with Crippen LogP contribution >= 0.6 is 0 Å². The van der Waals surface area contributed by atoms with Gasteiger partial charge in [-0.1, -0.05) is 12.1 Å². The van der Waals surface area contributed by atoms with E-state index in [1.165, 1.54) is 4.52 Å². The molecule has 0 fully saturated rings. The molecule has 3 rings (SSSR count). The second kappa shape index (κ2) is 5.29. The van der Waals surface area contributed by atoms with Gasteiger partial charge in [-0.15, -0.1) is 5.10 Å². The van der Waals surface area contributed by atoms with E-state index in [0.717, 1.165) is 5.69 Å². The van der Waals surface area contributed by atoms with Gasteiger partial charge in [-0.25, -0.2) is 9.50 Å². The van der Waals surface area contributed by atoms with E-state index in [2.05, 4.69) is 20.4 Å². The molecule has 2 N–H and O–H groups in total. The third kappa shape index (κ3) is 2.59. The average molecular weight is 283 g/mol. The van der Waals surface area contributed by atoms with Gasteiger partial charge in [-0.3, -0.25) is 4.79 Å². The van der Waals surface area contributed by atoms with Crippen molar-refractivity contribution in [1.82, 2.24) is 19.6 Å². The summed E-state index contributed by atoms with van der Waals surface area (Å²) in [6, 6.07) is 8.73. The molecule has 7 heteroatoms. The van der Waals surface area contributed by atoms with Gasteiger partial charge in [-0.05, 0) is 30.7 Å². The van der Waals surface area contributed by atoms with Crippen molar-refractivity contribution in [3.8, 4) is 0 Å². The molecule has 0 radical (unpaired) electrons. The predicted octanol–water partition coefficient (Wildman–Crippen LogP) is 1.18. The highest BCUT2D eigenvalue weighted by Crippen LogP contribution is 2.12. The van der Waals surface area contributed by atoms with Crippen LogP contribution in [0.3, 0.4) is 0 Å². The van der Waals surface area contributed by atoms with Crippen LogP contribution in [0.15, 0.2) is 36.5 Å². The van der Waals surface area contributed by atoms with Crippen molar-refractivity contribution in [3.63, 3.8) is 0 Å². The molecule has 1 amide bonds. The van der Waals surface area contributed by atoms with Crippen LogP contribution in [-0.4, -0.2) is 30.6 Å². The number of anilines is 1. The number of hydrogen-bond donors (Lipinski definition) is 2. The average Bonchev–Trinajstić information content (AvgIpc) is 2.93. The molecule has 21 heavy (non-hydrogen) atoms. The highest BCUT2D eigenvalue weighted by Gasteiger charge is 2.14. The van der Waals surface area contributed by atoms with E-state index in [1.54, 1.807) is 36.5 Å². The number of nitrogens with one attached hydrogen (secondary N) is 1. The van der Waals surface area contributed by atoms with Gasteiger partial charge in [0.2, 0.25) is 5.82 Å². The number of aliphatic hydroxyl groups excluding tert-OH is 1. The Balaban J connectivity index is 1.88. The highest BCUT2D eigenvalue weighted by atomic mass is 16.3. The Morgan fingerprint density at radius 2 is 2.24 bits per heavy atom. The summed E-state index contributed by atoms with van der Waals surface area (Å²) in [5, 5.41) is 15.9. The first kappa shape index (κ1) is 13.2. The molecule has 2 heterocycles. The number of fused-ring (bicyclic) bond motifs is 1. The second-order valence-electron chi connectivity index (χ2n) is 4.55. The minimum atomic E-state index is -0.421.